The number of nitrogens with one attached hydrogen (secondary N) is 4. The van der Waals surface area contributed by atoms with Crippen molar-refractivity contribution in [2.75, 3.05) is 26.2 Å². The van der Waals surface area contributed by atoms with Gasteiger partial charge >= 0.3 is 6.18 Å². The molecule has 2 heterocycles. The lowest BCUT2D eigenvalue weighted by Gasteiger charge is -2.44. The average molecular weight is 426 g/mol. The van der Waals surface area contributed by atoms with E-state index < -0.39 is 25.4 Å². The van der Waals surface area contributed by atoms with Crippen LogP contribution in [0.2, 0.25) is 0 Å². The zero-order valence-electron chi connectivity index (χ0n) is 18.2. The Bertz CT molecular complexity index is 471. The molecule has 0 amide bonds. The van der Waals surface area contributed by atoms with E-state index in [1.54, 1.807) is 0 Å². The van der Waals surface area contributed by atoms with E-state index in [1.807, 2.05) is 6.92 Å². The Labute approximate surface area is 172 Å². The van der Waals surface area contributed by atoms with E-state index in [1.165, 1.54) is 0 Å². The van der Waals surface area contributed by atoms with Gasteiger partial charge in [0.1, 0.15) is 19.2 Å². The molecule has 10 heteroatoms. The molecule has 4 N–H and O–H groups in total. The molecule has 0 aliphatic carbocycles. The highest BCUT2D eigenvalue weighted by Crippen LogP contribution is 2.19. The summed E-state index contributed by atoms with van der Waals surface area (Å²) >= 11 is 0. The van der Waals surface area contributed by atoms with Crippen LogP contribution in [0.15, 0.2) is 0 Å². The van der Waals surface area contributed by atoms with Gasteiger partial charge in [-0.15, -0.1) is 0 Å². The number of hydrogen-bond donors (Lipinski definition) is 4. The summed E-state index contributed by atoms with van der Waals surface area (Å²) in [6.45, 7) is 11.5. The predicted molar refractivity (Wildman–Crippen MR) is 106 cm³/mol. The first-order chi connectivity index (χ1) is 13.5. The van der Waals surface area contributed by atoms with Crippen LogP contribution < -0.4 is 21.3 Å². The number of rotatable bonds is 10. The second kappa shape index (κ2) is 11.2. The molecule has 0 bridgehead atoms. The maximum Gasteiger partial charge on any atom is 0.411 e. The third-order valence-corrected chi connectivity index (χ3v) is 4.80. The average Bonchev–Trinajstić information content (AvgIpc) is 3.01. The van der Waals surface area contributed by atoms with E-state index in [2.05, 4.69) is 53.9 Å². The number of alkyl halides is 3. The minimum absolute atomic E-state index is 0.110. The maximum atomic E-state index is 12.7. The van der Waals surface area contributed by atoms with E-state index in [4.69, 9.17) is 9.47 Å². The second-order valence-electron chi connectivity index (χ2n) is 8.94. The molecule has 0 aromatic rings. The number of nitrogens with zero attached hydrogens (tertiary/aromatic N) is 1. The summed E-state index contributed by atoms with van der Waals surface area (Å²) in [4.78, 5) is 2.21. The molecule has 5 atom stereocenters. The first-order valence-corrected chi connectivity index (χ1v) is 10.6. The fourth-order valence-corrected chi connectivity index (χ4v) is 3.71. The molecule has 7 nitrogen and oxygen atoms in total. The molecule has 29 heavy (non-hydrogen) atoms. The van der Waals surface area contributed by atoms with Crippen LogP contribution in [0.5, 0.6) is 0 Å². The molecule has 2 aliphatic heterocycles. The maximum absolute atomic E-state index is 12.7. The zero-order valence-corrected chi connectivity index (χ0v) is 18.2. The number of halogens is 3. The van der Waals surface area contributed by atoms with Crippen LogP contribution in [0.25, 0.3) is 0 Å². The largest absolute Gasteiger partial charge is 0.411 e. The summed E-state index contributed by atoms with van der Waals surface area (Å²) in [5, 5.41) is 12.9. The van der Waals surface area contributed by atoms with Crippen molar-refractivity contribution in [3.05, 3.63) is 0 Å². The predicted octanol–water partition coefficient (Wildman–Crippen LogP) is 1.97. The van der Waals surface area contributed by atoms with Gasteiger partial charge in [-0.3, -0.25) is 26.2 Å². The fraction of sp³-hybridized carbons (Fsp3) is 1.00. The Balaban J connectivity index is 2.00. The molecule has 0 saturated carbocycles. The second-order valence-corrected chi connectivity index (χ2v) is 8.94. The molecule has 172 valence electrons. The Morgan fingerprint density at radius 2 is 1.72 bits per heavy atom. The van der Waals surface area contributed by atoms with Gasteiger partial charge in [0.15, 0.2) is 6.35 Å². The van der Waals surface area contributed by atoms with Crippen LogP contribution in [-0.2, 0) is 9.47 Å². The van der Waals surface area contributed by atoms with Crippen LogP contribution in [0.3, 0.4) is 0 Å². The minimum Gasteiger partial charge on any atom is -0.374 e. The van der Waals surface area contributed by atoms with E-state index in [0.717, 1.165) is 25.9 Å². The van der Waals surface area contributed by atoms with Gasteiger partial charge in [0.2, 0.25) is 0 Å². The standard InChI is InChI=1S/C19H38F3N5O2/c1-12(2)9-27(10-13(3)4)17-24-16(23-8-15-7-6-14(5)29-15)25-18(26-17)28-11-19(20,21)22/h12-18,23-26H,6-11H2,1-5H3. The summed E-state index contributed by atoms with van der Waals surface area (Å²) in [7, 11) is 0. The van der Waals surface area contributed by atoms with Gasteiger partial charge in [-0.25, -0.2) is 0 Å². The molecule has 0 aromatic carbocycles. The van der Waals surface area contributed by atoms with Crippen molar-refractivity contribution in [1.82, 2.24) is 26.2 Å². The first kappa shape index (κ1) is 24.8. The lowest BCUT2D eigenvalue weighted by Crippen LogP contribution is -2.76. The SMILES string of the molecule is CC(C)CN(CC(C)C)C1NC(NCC2CCC(C)O2)NC(OCC(F)(F)F)N1. The van der Waals surface area contributed by atoms with E-state index in [9.17, 15) is 13.2 Å². The van der Waals surface area contributed by atoms with Crippen LogP contribution in [0, 0.1) is 11.8 Å². The third kappa shape index (κ3) is 9.46. The van der Waals surface area contributed by atoms with Crippen LogP contribution in [-0.4, -0.2) is 68.5 Å². The number of ether oxygens (including phenoxy) is 2. The van der Waals surface area contributed by atoms with Crippen molar-refractivity contribution in [2.45, 2.75) is 84.8 Å². The molecule has 2 saturated heterocycles. The van der Waals surface area contributed by atoms with Crippen molar-refractivity contribution in [3.63, 3.8) is 0 Å². The Morgan fingerprint density at radius 3 is 2.24 bits per heavy atom. The molecule has 2 fully saturated rings. The van der Waals surface area contributed by atoms with Gasteiger partial charge in [-0.05, 0) is 31.6 Å². The van der Waals surface area contributed by atoms with Crippen molar-refractivity contribution in [1.29, 1.82) is 0 Å². The van der Waals surface area contributed by atoms with Crippen molar-refractivity contribution < 1.29 is 22.6 Å². The molecule has 0 aromatic heterocycles. The summed E-state index contributed by atoms with van der Waals surface area (Å²) in [5.74, 6) is 0.836. The van der Waals surface area contributed by atoms with E-state index >= 15 is 0 Å². The van der Waals surface area contributed by atoms with Crippen molar-refractivity contribution in [3.8, 4) is 0 Å². The van der Waals surface area contributed by atoms with Crippen LogP contribution >= 0.6 is 0 Å². The molecule has 5 unspecified atom stereocenters. The monoisotopic (exact) mass is 425 g/mol. The smallest absolute Gasteiger partial charge is 0.374 e. The normalized spacial score (nSPS) is 31.3. The van der Waals surface area contributed by atoms with Gasteiger partial charge < -0.3 is 9.47 Å². The molecule has 2 aliphatic rings. The number of hydrogen-bond acceptors (Lipinski definition) is 7. The van der Waals surface area contributed by atoms with E-state index in [0.29, 0.717) is 18.4 Å². The van der Waals surface area contributed by atoms with Gasteiger partial charge in [0.25, 0.3) is 0 Å². The van der Waals surface area contributed by atoms with Crippen molar-refractivity contribution in [2.24, 2.45) is 11.8 Å². The van der Waals surface area contributed by atoms with Gasteiger partial charge in [-0.2, -0.15) is 13.2 Å². The summed E-state index contributed by atoms with van der Waals surface area (Å²) in [5.41, 5.74) is 0. The highest BCUT2D eigenvalue weighted by atomic mass is 19.4. The summed E-state index contributed by atoms with van der Waals surface area (Å²) in [6.07, 6.45) is -3.67. The zero-order chi connectivity index (χ0) is 21.6. The van der Waals surface area contributed by atoms with Gasteiger partial charge in [0.05, 0.1) is 12.2 Å². The third-order valence-electron chi connectivity index (χ3n) is 4.80. The highest BCUT2D eigenvalue weighted by Gasteiger charge is 2.35. The van der Waals surface area contributed by atoms with Gasteiger partial charge in [-0.1, -0.05) is 27.7 Å². The van der Waals surface area contributed by atoms with Crippen LogP contribution in [0.1, 0.15) is 47.5 Å². The highest BCUT2D eigenvalue weighted by molar-refractivity contribution is 4.82. The molecular formula is C19H38F3N5O2. The first-order valence-electron chi connectivity index (χ1n) is 10.6. The summed E-state index contributed by atoms with van der Waals surface area (Å²) < 4.78 is 48.9. The minimum atomic E-state index is -4.38. The Kier molecular flexibility index (Phi) is 9.59. The Hall–Kier alpha value is -0.490. The van der Waals surface area contributed by atoms with Crippen LogP contribution in [0.4, 0.5) is 13.2 Å². The molecule has 0 spiro atoms. The lowest BCUT2D eigenvalue weighted by molar-refractivity contribution is -0.202. The molecule has 0 radical (unpaired) electrons. The quantitative estimate of drug-likeness (QED) is 0.427. The topological polar surface area (TPSA) is 69.8 Å². The van der Waals surface area contributed by atoms with E-state index in [-0.39, 0.29) is 18.5 Å². The Morgan fingerprint density at radius 1 is 1.07 bits per heavy atom. The van der Waals surface area contributed by atoms with Gasteiger partial charge in [0, 0.05) is 19.6 Å². The molecular weight excluding hydrogens is 387 g/mol. The lowest BCUT2D eigenvalue weighted by atomic mass is 10.1. The molecule has 2 rings (SSSR count). The fourth-order valence-electron chi connectivity index (χ4n) is 3.71. The summed E-state index contributed by atoms with van der Waals surface area (Å²) in [6, 6.07) is 0. The van der Waals surface area contributed by atoms with Crippen molar-refractivity contribution >= 4 is 0 Å².